The summed E-state index contributed by atoms with van der Waals surface area (Å²) in [5.41, 5.74) is 1.13. The van der Waals surface area contributed by atoms with E-state index < -0.39 is 20.2 Å². The standard InChI is InChI=1S/C24H28Br2O6S2/c25-21-13-11-17(15-23(21)33(27,28)31-19-7-3-1-4-8-19)18-12-14-22(26)24(16-18)34(29,30)32-20-9-5-2-6-10-20/h11-16,19-20H,1-10H2. The predicted molar refractivity (Wildman–Crippen MR) is 138 cm³/mol. The number of halogens is 2. The van der Waals surface area contributed by atoms with Gasteiger partial charge in [-0.05, 0) is 92.9 Å². The lowest BCUT2D eigenvalue weighted by molar-refractivity contribution is 0.161. The molecule has 2 aliphatic rings. The van der Waals surface area contributed by atoms with Crippen molar-refractivity contribution in [1.82, 2.24) is 0 Å². The van der Waals surface area contributed by atoms with Crippen LogP contribution < -0.4 is 0 Å². The van der Waals surface area contributed by atoms with E-state index in [1.807, 2.05) is 0 Å². The first kappa shape index (κ1) is 26.3. The van der Waals surface area contributed by atoms with E-state index in [2.05, 4.69) is 31.9 Å². The minimum atomic E-state index is -3.99. The van der Waals surface area contributed by atoms with E-state index in [1.165, 1.54) is 12.1 Å². The van der Waals surface area contributed by atoms with Crippen LogP contribution >= 0.6 is 31.9 Å². The van der Waals surface area contributed by atoms with Gasteiger partial charge in [0.2, 0.25) is 0 Å². The lowest BCUT2D eigenvalue weighted by Crippen LogP contribution is -2.21. The van der Waals surface area contributed by atoms with Gasteiger partial charge in [-0.2, -0.15) is 16.8 Å². The van der Waals surface area contributed by atoms with Crippen molar-refractivity contribution in [3.05, 3.63) is 45.3 Å². The van der Waals surface area contributed by atoms with Gasteiger partial charge in [0.05, 0.1) is 12.2 Å². The maximum atomic E-state index is 13.0. The summed E-state index contributed by atoms with van der Waals surface area (Å²) in [6, 6.07) is 9.80. The van der Waals surface area contributed by atoms with Crippen LogP contribution in [0.2, 0.25) is 0 Å². The second-order valence-corrected chi connectivity index (χ2v) is 13.7. The van der Waals surface area contributed by atoms with Crippen LogP contribution in [0.15, 0.2) is 55.1 Å². The highest BCUT2D eigenvalue weighted by Crippen LogP contribution is 2.35. The second kappa shape index (κ2) is 11.1. The zero-order valence-corrected chi connectivity index (χ0v) is 23.5. The van der Waals surface area contributed by atoms with Crippen LogP contribution in [0, 0.1) is 0 Å². The van der Waals surface area contributed by atoms with E-state index >= 15 is 0 Å². The number of hydrogen-bond donors (Lipinski definition) is 0. The third-order valence-electron chi connectivity index (χ3n) is 6.36. The van der Waals surface area contributed by atoms with Crippen molar-refractivity contribution in [3.63, 3.8) is 0 Å². The van der Waals surface area contributed by atoms with Crippen LogP contribution in [0.1, 0.15) is 64.2 Å². The van der Waals surface area contributed by atoms with Gasteiger partial charge >= 0.3 is 0 Å². The van der Waals surface area contributed by atoms with Crippen LogP contribution in [0.3, 0.4) is 0 Å². The summed E-state index contributed by atoms with van der Waals surface area (Å²) in [7, 11) is -7.97. The molecule has 186 valence electrons. The van der Waals surface area contributed by atoms with E-state index in [0.29, 0.717) is 20.1 Å². The molecule has 0 atom stereocenters. The van der Waals surface area contributed by atoms with Crippen molar-refractivity contribution in [2.24, 2.45) is 0 Å². The molecule has 2 aromatic carbocycles. The van der Waals surface area contributed by atoms with Crippen molar-refractivity contribution >= 4 is 52.1 Å². The van der Waals surface area contributed by atoms with Crippen LogP contribution in [0.4, 0.5) is 0 Å². The zero-order valence-electron chi connectivity index (χ0n) is 18.7. The molecule has 0 aromatic heterocycles. The van der Waals surface area contributed by atoms with Gasteiger partial charge in [0.1, 0.15) is 9.79 Å². The lowest BCUT2D eigenvalue weighted by atomic mass is 9.98. The molecule has 0 bridgehead atoms. The first-order valence-corrected chi connectivity index (χ1v) is 16.0. The topological polar surface area (TPSA) is 86.7 Å². The molecule has 0 spiro atoms. The first-order chi connectivity index (χ1) is 16.2. The van der Waals surface area contributed by atoms with Gasteiger partial charge in [0.15, 0.2) is 0 Å². The minimum absolute atomic E-state index is 0.0290. The Hall–Kier alpha value is -0.780. The smallest absolute Gasteiger partial charge is 0.263 e. The molecule has 34 heavy (non-hydrogen) atoms. The van der Waals surface area contributed by atoms with E-state index in [-0.39, 0.29) is 22.0 Å². The first-order valence-electron chi connectivity index (χ1n) is 11.6. The number of rotatable bonds is 7. The summed E-state index contributed by atoms with van der Waals surface area (Å²) < 4.78 is 64.0. The van der Waals surface area contributed by atoms with E-state index in [1.54, 1.807) is 24.3 Å². The normalized spacial score (nSPS) is 18.8. The Morgan fingerprint density at radius 2 is 0.941 bits per heavy atom. The van der Waals surface area contributed by atoms with E-state index in [0.717, 1.165) is 64.2 Å². The Bertz CT molecular complexity index is 1130. The van der Waals surface area contributed by atoms with Gasteiger partial charge in [-0.3, -0.25) is 8.37 Å². The van der Waals surface area contributed by atoms with Gasteiger partial charge in [0, 0.05) is 8.95 Å². The molecule has 10 heteroatoms. The molecular formula is C24H28Br2O6S2. The van der Waals surface area contributed by atoms with Crippen LogP contribution in [-0.2, 0) is 28.6 Å². The Morgan fingerprint density at radius 3 is 1.29 bits per heavy atom. The highest BCUT2D eigenvalue weighted by atomic mass is 79.9. The Labute approximate surface area is 218 Å². The molecule has 2 aliphatic carbocycles. The summed E-state index contributed by atoms with van der Waals surface area (Å²) in [6.07, 6.45) is 8.32. The molecule has 0 saturated heterocycles. The lowest BCUT2D eigenvalue weighted by Gasteiger charge is -2.22. The summed E-state index contributed by atoms with van der Waals surface area (Å²) >= 11 is 6.67. The SMILES string of the molecule is O=S(=O)(OC1CCCCC1)c1cc(-c2ccc(Br)c(S(=O)(=O)OC3CCCCC3)c2)ccc1Br. The Morgan fingerprint density at radius 1 is 0.588 bits per heavy atom. The summed E-state index contributed by atoms with van der Waals surface area (Å²) in [6.45, 7) is 0. The van der Waals surface area contributed by atoms with Crippen molar-refractivity contribution < 1.29 is 25.2 Å². The third kappa shape index (κ3) is 6.31. The largest absolute Gasteiger partial charge is 0.298 e. The molecule has 4 rings (SSSR count). The number of hydrogen-bond acceptors (Lipinski definition) is 6. The van der Waals surface area contributed by atoms with Crippen LogP contribution in [-0.4, -0.2) is 29.0 Å². The summed E-state index contributed by atoms with van der Waals surface area (Å²) in [5, 5.41) is 0. The molecule has 0 heterocycles. The molecule has 0 radical (unpaired) electrons. The fourth-order valence-corrected chi connectivity index (χ4v) is 8.68. The van der Waals surface area contributed by atoms with Crippen LogP contribution in [0.25, 0.3) is 11.1 Å². The fourth-order valence-electron chi connectivity index (χ4n) is 4.53. The quantitative estimate of drug-likeness (QED) is 0.306. The molecule has 2 aromatic rings. The van der Waals surface area contributed by atoms with Crippen molar-refractivity contribution in [2.75, 3.05) is 0 Å². The molecule has 0 unspecified atom stereocenters. The van der Waals surface area contributed by atoms with Crippen molar-refractivity contribution in [1.29, 1.82) is 0 Å². The Balaban J connectivity index is 1.63. The minimum Gasteiger partial charge on any atom is -0.263 e. The highest BCUT2D eigenvalue weighted by Gasteiger charge is 2.28. The van der Waals surface area contributed by atoms with Gasteiger partial charge in [-0.15, -0.1) is 0 Å². The second-order valence-electron chi connectivity index (χ2n) is 8.91. The zero-order chi connectivity index (χ0) is 24.3. The average molecular weight is 636 g/mol. The van der Waals surface area contributed by atoms with Gasteiger partial charge in [-0.25, -0.2) is 0 Å². The molecule has 2 fully saturated rings. The number of benzene rings is 2. The molecule has 0 N–H and O–H groups in total. The summed E-state index contributed by atoms with van der Waals surface area (Å²) in [4.78, 5) is 0.0581. The van der Waals surface area contributed by atoms with Crippen LogP contribution in [0.5, 0.6) is 0 Å². The monoisotopic (exact) mass is 634 g/mol. The maximum Gasteiger partial charge on any atom is 0.298 e. The van der Waals surface area contributed by atoms with Crippen molar-refractivity contribution in [3.8, 4) is 11.1 Å². The molecule has 0 aliphatic heterocycles. The molecule has 6 nitrogen and oxygen atoms in total. The van der Waals surface area contributed by atoms with Crippen molar-refractivity contribution in [2.45, 2.75) is 86.2 Å². The van der Waals surface area contributed by atoms with E-state index in [9.17, 15) is 16.8 Å². The molecule has 0 amide bonds. The molecule has 2 saturated carbocycles. The average Bonchev–Trinajstić information content (AvgIpc) is 2.80. The maximum absolute atomic E-state index is 13.0. The van der Waals surface area contributed by atoms with Gasteiger partial charge in [0.25, 0.3) is 20.2 Å². The van der Waals surface area contributed by atoms with Gasteiger partial charge in [-0.1, -0.05) is 50.7 Å². The summed E-state index contributed by atoms with van der Waals surface area (Å²) in [5.74, 6) is 0. The van der Waals surface area contributed by atoms with E-state index in [4.69, 9.17) is 8.37 Å². The van der Waals surface area contributed by atoms with Gasteiger partial charge < -0.3 is 0 Å². The third-order valence-corrected chi connectivity index (χ3v) is 11.1. The predicted octanol–water partition coefficient (Wildman–Crippen LogP) is 6.95. The highest BCUT2D eigenvalue weighted by molar-refractivity contribution is 9.10. The Kier molecular flexibility index (Phi) is 8.57. The molecular weight excluding hydrogens is 608 g/mol. The fraction of sp³-hybridized carbons (Fsp3) is 0.500.